The Morgan fingerprint density at radius 1 is 1.40 bits per heavy atom. The molecule has 0 spiro atoms. The maximum atomic E-state index is 12.5. The lowest BCUT2D eigenvalue weighted by molar-refractivity contribution is 0.0538. The van der Waals surface area contributed by atoms with E-state index in [1.54, 1.807) is 24.3 Å². The third-order valence-electron chi connectivity index (χ3n) is 2.71. The molecule has 0 aliphatic heterocycles. The van der Waals surface area contributed by atoms with Crippen LogP contribution in [0, 0.1) is 6.92 Å². The number of nitrogens with one attached hydrogen (secondary N) is 1. The molecule has 0 unspecified atom stereocenters. The molecule has 0 aliphatic rings. The van der Waals surface area contributed by atoms with E-state index >= 15 is 0 Å². The monoisotopic (exact) mass is 299 g/mol. The second kappa shape index (κ2) is 6.00. The zero-order chi connectivity index (χ0) is 14.7. The van der Waals surface area contributed by atoms with Gasteiger partial charge in [-0.25, -0.2) is 4.68 Å². The molecule has 0 atom stereocenters. The van der Waals surface area contributed by atoms with Crippen LogP contribution in [0.15, 0.2) is 30.3 Å². The Hall–Kier alpha value is -1.95. The molecule has 1 amide bonds. The summed E-state index contributed by atoms with van der Waals surface area (Å²) in [6, 6.07) is 8.28. The van der Waals surface area contributed by atoms with Crippen molar-refractivity contribution in [3.8, 4) is 0 Å². The van der Waals surface area contributed by atoms with Crippen LogP contribution in [0.2, 0.25) is 5.02 Å². The molecule has 20 heavy (non-hydrogen) atoms. The van der Waals surface area contributed by atoms with Gasteiger partial charge in [0.05, 0.1) is 0 Å². The highest BCUT2D eigenvalue weighted by Crippen LogP contribution is 2.14. The maximum Gasteiger partial charge on any atom is 0.333 e. The number of nitrogens with zero attached hydrogens (tertiary/aromatic N) is 2. The van der Waals surface area contributed by atoms with Crippen molar-refractivity contribution in [2.75, 3.05) is 0 Å². The SMILES string of the molecule is Cc1cc(C(=O)NCc2ccc(Cl)cc2)nn1C(F)F. The number of alkyl halides is 2. The molecule has 0 saturated heterocycles. The lowest BCUT2D eigenvalue weighted by atomic mass is 10.2. The van der Waals surface area contributed by atoms with Crippen LogP contribution in [0.25, 0.3) is 0 Å². The number of aryl methyl sites for hydroxylation is 1. The van der Waals surface area contributed by atoms with E-state index in [1.807, 2.05) is 0 Å². The molecule has 4 nitrogen and oxygen atoms in total. The largest absolute Gasteiger partial charge is 0.347 e. The van der Waals surface area contributed by atoms with Gasteiger partial charge in [0.25, 0.3) is 5.91 Å². The number of hydrogen-bond donors (Lipinski definition) is 1. The van der Waals surface area contributed by atoms with Gasteiger partial charge in [0, 0.05) is 17.3 Å². The Kier molecular flexibility index (Phi) is 4.34. The first-order valence-electron chi connectivity index (χ1n) is 5.84. The molecule has 0 fully saturated rings. The average molecular weight is 300 g/mol. The van der Waals surface area contributed by atoms with Crippen LogP contribution in [0.3, 0.4) is 0 Å². The topological polar surface area (TPSA) is 46.9 Å². The quantitative estimate of drug-likeness (QED) is 0.942. The van der Waals surface area contributed by atoms with Crippen molar-refractivity contribution in [2.45, 2.75) is 20.0 Å². The molecule has 7 heteroatoms. The van der Waals surface area contributed by atoms with Gasteiger partial charge in [-0.15, -0.1) is 0 Å². The van der Waals surface area contributed by atoms with Crippen LogP contribution < -0.4 is 5.32 Å². The van der Waals surface area contributed by atoms with Gasteiger partial charge in [-0.05, 0) is 30.7 Å². The summed E-state index contributed by atoms with van der Waals surface area (Å²) in [5.41, 5.74) is 1.06. The summed E-state index contributed by atoms with van der Waals surface area (Å²) in [6.07, 6.45) is 0. The Morgan fingerprint density at radius 3 is 2.60 bits per heavy atom. The van der Waals surface area contributed by atoms with Crippen LogP contribution in [0.1, 0.15) is 28.3 Å². The molecule has 0 saturated carbocycles. The van der Waals surface area contributed by atoms with Gasteiger partial charge in [-0.2, -0.15) is 13.9 Å². The van der Waals surface area contributed by atoms with Gasteiger partial charge in [0.1, 0.15) is 0 Å². The minimum Gasteiger partial charge on any atom is -0.347 e. The summed E-state index contributed by atoms with van der Waals surface area (Å²) in [6.45, 7) is -1.01. The Bertz CT molecular complexity index is 611. The predicted molar refractivity (Wildman–Crippen MR) is 70.8 cm³/mol. The molecule has 1 N–H and O–H groups in total. The van der Waals surface area contributed by atoms with Crippen molar-refractivity contribution < 1.29 is 13.6 Å². The van der Waals surface area contributed by atoms with Gasteiger partial charge >= 0.3 is 6.55 Å². The fourth-order valence-corrected chi connectivity index (χ4v) is 1.80. The second-order valence-corrected chi connectivity index (χ2v) is 4.64. The molecule has 0 bridgehead atoms. The van der Waals surface area contributed by atoms with Crippen molar-refractivity contribution in [1.82, 2.24) is 15.1 Å². The van der Waals surface area contributed by atoms with E-state index < -0.39 is 12.5 Å². The highest BCUT2D eigenvalue weighted by molar-refractivity contribution is 6.30. The molecule has 1 aromatic heterocycles. The molecule has 1 aromatic carbocycles. The summed E-state index contributed by atoms with van der Waals surface area (Å²) < 4.78 is 25.6. The number of rotatable bonds is 4. The van der Waals surface area contributed by atoms with E-state index in [2.05, 4.69) is 10.4 Å². The van der Waals surface area contributed by atoms with Gasteiger partial charge in [0.2, 0.25) is 0 Å². The predicted octanol–water partition coefficient (Wildman–Crippen LogP) is 3.17. The van der Waals surface area contributed by atoms with Crippen molar-refractivity contribution in [3.05, 3.63) is 52.3 Å². The normalized spacial score (nSPS) is 10.8. The van der Waals surface area contributed by atoms with Crippen LogP contribution in [-0.4, -0.2) is 15.7 Å². The smallest absolute Gasteiger partial charge is 0.333 e. The first-order valence-corrected chi connectivity index (χ1v) is 6.22. The molecule has 2 rings (SSSR count). The van der Waals surface area contributed by atoms with E-state index in [-0.39, 0.29) is 17.9 Å². The number of amides is 1. The second-order valence-electron chi connectivity index (χ2n) is 4.20. The van der Waals surface area contributed by atoms with Gasteiger partial charge in [-0.1, -0.05) is 23.7 Å². The molecule has 0 aliphatic carbocycles. The van der Waals surface area contributed by atoms with Gasteiger partial charge in [-0.3, -0.25) is 4.79 Å². The molecular formula is C13H12ClF2N3O. The summed E-state index contributed by atoms with van der Waals surface area (Å²) in [7, 11) is 0. The highest BCUT2D eigenvalue weighted by Gasteiger charge is 2.16. The van der Waals surface area contributed by atoms with E-state index in [4.69, 9.17) is 11.6 Å². The van der Waals surface area contributed by atoms with E-state index in [0.717, 1.165) is 5.56 Å². The first kappa shape index (κ1) is 14.5. The zero-order valence-electron chi connectivity index (χ0n) is 10.6. The number of halogens is 3. The summed E-state index contributed by atoms with van der Waals surface area (Å²) >= 11 is 5.75. The third kappa shape index (κ3) is 3.33. The van der Waals surface area contributed by atoms with Crippen molar-refractivity contribution >= 4 is 17.5 Å². The molecule has 0 radical (unpaired) electrons. The summed E-state index contributed by atoms with van der Waals surface area (Å²) in [4.78, 5) is 11.8. The summed E-state index contributed by atoms with van der Waals surface area (Å²) in [5, 5.41) is 6.78. The standard InChI is InChI=1S/C13H12ClF2N3O/c1-8-6-11(18-19(8)13(15)16)12(20)17-7-9-2-4-10(14)5-3-9/h2-6,13H,7H2,1H3,(H,17,20). The van der Waals surface area contributed by atoms with Crippen molar-refractivity contribution in [3.63, 3.8) is 0 Å². The van der Waals surface area contributed by atoms with E-state index in [0.29, 0.717) is 9.70 Å². The highest BCUT2D eigenvalue weighted by atomic mass is 35.5. The number of carbonyl (C=O) groups is 1. The van der Waals surface area contributed by atoms with Crippen molar-refractivity contribution in [1.29, 1.82) is 0 Å². The van der Waals surface area contributed by atoms with Crippen LogP contribution in [0.5, 0.6) is 0 Å². The third-order valence-corrected chi connectivity index (χ3v) is 2.96. The Morgan fingerprint density at radius 2 is 2.05 bits per heavy atom. The lowest BCUT2D eigenvalue weighted by Gasteiger charge is -2.03. The van der Waals surface area contributed by atoms with Gasteiger partial charge < -0.3 is 5.32 Å². The molecule has 1 heterocycles. The number of hydrogen-bond acceptors (Lipinski definition) is 2. The van der Waals surface area contributed by atoms with Crippen molar-refractivity contribution in [2.24, 2.45) is 0 Å². The minimum atomic E-state index is -2.76. The lowest BCUT2D eigenvalue weighted by Crippen LogP contribution is -2.23. The first-order chi connectivity index (χ1) is 9.47. The van der Waals surface area contributed by atoms with Crippen LogP contribution in [-0.2, 0) is 6.54 Å². The fraction of sp³-hybridized carbons (Fsp3) is 0.231. The molecule has 2 aromatic rings. The number of carbonyl (C=O) groups excluding carboxylic acids is 1. The van der Waals surface area contributed by atoms with Gasteiger partial charge in [0.15, 0.2) is 5.69 Å². The van der Waals surface area contributed by atoms with Crippen LogP contribution in [0.4, 0.5) is 8.78 Å². The fourth-order valence-electron chi connectivity index (χ4n) is 1.67. The molecule has 106 valence electrons. The molecular weight excluding hydrogens is 288 g/mol. The van der Waals surface area contributed by atoms with E-state index in [1.165, 1.54) is 13.0 Å². The zero-order valence-corrected chi connectivity index (χ0v) is 11.4. The maximum absolute atomic E-state index is 12.5. The summed E-state index contributed by atoms with van der Waals surface area (Å²) in [5.74, 6) is -0.498. The van der Waals surface area contributed by atoms with E-state index in [9.17, 15) is 13.6 Å². The Balaban J connectivity index is 2.01. The van der Waals surface area contributed by atoms with Crippen LogP contribution >= 0.6 is 11.6 Å². The number of aromatic nitrogens is 2. The number of benzene rings is 1. The average Bonchev–Trinajstić information content (AvgIpc) is 2.80. The Labute approximate surface area is 119 Å². The minimum absolute atomic E-state index is 0.0308.